The number of halogens is 1. The lowest BCUT2D eigenvalue weighted by molar-refractivity contribution is -0.128. The number of fused-ring (bicyclic) bond motifs is 1. The van der Waals surface area contributed by atoms with Gasteiger partial charge in [0.15, 0.2) is 5.13 Å². The minimum atomic E-state index is -0.975. The number of nitrogens with zero attached hydrogens (tertiary/aromatic N) is 3. The van der Waals surface area contributed by atoms with Crippen LogP contribution in [0.5, 0.6) is 0 Å². The average Bonchev–Trinajstić information content (AvgIpc) is 3.28. The molecule has 9 heteroatoms. The van der Waals surface area contributed by atoms with Crippen molar-refractivity contribution >= 4 is 49.1 Å². The van der Waals surface area contributed by atoms with Gasteiger partial charge >= 0.3 is 0 Å². The van der Waals surface area contributed by atoms with Crippen LogP contribution in [0.1, 0.15) is 35.1 Å². The highest BCUT2D eigenvalue weighted by atomic mass is 32.1. The summed E-state index contributed by atoms with van der Waals surface area (Å²) in [6, 6.07) is 6.95. The molecule has 0 aliphatic carbocycles. The van der Waals surface area contributed by atoms with Gasteiger partial charge in [-0.2, -0.15) is 0 Å². The van der Waals surface area contributed by atoms with Crippen molar-refractivity contribution in [2.24, 2.45) is 0 Å². The minimum Gasteiger partial charge on any atom is -0.352 e. The third-order valence-electron chi connectivity index (χ3n) is 5.00. The number of hydrogen-bond donors (Lipinski definition) is 1. The van der Waals surface area contributed by atoms with E-state index >= 15 is 0 Å². The van der Waals surface area contributed by atoms with Gasteiger partial charge in [0.1, 0.15) is 16.7 Å². The van der Waals surface area contributed by atoms with Gasteiger partial charge in [-0.15, -0.1) is 11.3 Å². The van der Waals surface area contributed by atoms with Gasteiger partial charge in [-0.25, -0.2) is 9.37 Å². The number of hydrogen-bond acceptors (Lipinski definition) is 6. The van der Waals surface area contributed by atoms with Crippen molar-refractivity contribution < 1.29 is 14.0 Å². The molecule has 0 radical (unpaired) electrons. The van der Waals surface area contributed by atoms with E-state index in [0.29, 0.717) is 18.0 Å². The van der Waals surface area contributed by atoms with Crippen LogP contribution in [0.2, 0.25) is 0 Å². The quantitative estimate of drug-likeness (QED) is 0.668. The summed E-state index contributed by atoms with van der Waals surface area (Å²) in [6.45, 7) is 6.58. The molecule has 1 atom stereocenters. The van der Waals surface area contributed by atoms with Gasteiger partial charge in [0.25, 0.3) is 5.91 Å². The average molecular weight is 433 g/mol. The topological polar surface area (TPSA) is 65.5 Å². The molecular formula is C20H21FN4O2S2. The molecule has 3 heterocycles. The Hall–Kier alpha value is -2.52. The molecule has 152 valence electrons. The molecule has 1 aliphatic heterocycles. The zero-order valence-electron chi connectivity index (χ0n) is 16.1. The first-order valence-corrected chi connectivity index (χ1v) is 11.1. The maximum absolute atomic E-state index is 14.4. The third-order valence-corrected chi connectivity index (χ3v) is 7.20. The number of nitrogens with one attached hydrogen (secondary N) is 1. The van der Waals surface area contributed by atoms with E-state index in [2.05, 4.69) is 29.0 Å². The van der Waals surface area contributed by atoms with Crippen molar-refractivity contribution in [2.45, 2.75) is 19.9 Å². The summed E-state index contributed by atoms with van der Waals surface area (Å²) in [7, 11) is 0. The summed E-state index contributed by atoms with van der Waals surface area (Å²) in [5.41, 5.74) is 0.207. The van der Waals surface area contributed by atoms with E-state index in [1.807, 2.05) is 6.07 Å². The van der Waals surface area contributed by atoms with Crippen molar-refractivity contribution in [1.29, 1.82) is 0 Å². The summed E-state index contributed by atoms with van der Waals surface area (Å²) in [5.74, 6) is -1.13. The fourth-order valence-corrected chi connectivity index (χ4v) is 5.79. The first-order valence-electron chi connectivity index (χ1n) is 9.51. The smallest absolute Gasteiger partial charge is 0.265 e. The number of piperazine rings is 1. The highest BCUT2D eigenvalue weighted by molar-refractivity contribution is 7.29. The zero-order valence-corrected chi connectivity index (χ0v) is 17.8. The van der Waals surface area contributed by atoms with E-state index in [0.717, 1.165) is 27.8 Å². The SMILES string of the molecule is CCN(CC)c1nc2sc(C(=O)N3CCNC(=O)C3c3ccccc3F)cc2s1. The lowest BCUT2D eigenvalue weighted by Gasteiger charge is -2.35. The van der Waals surface area contributed by atoms with Gasteiger partial charge in [0.2, 0.25) is 5.91 Å². The van der Waals surface area contributed by atoms with Crippen molar-refractivity contribution in [3.8, 4) is 0 Å². The maximum Gasteiger partial charge on any atom is 0.265 e. The Morgan fingerprint density at radius 1 is 1.31 bits per heavy atom. The molecule has 2 aromatic heterocycles. The fourth-order valence-electron chi connectivity index (χ4n) is 3.49. The number of carbonyl (C=O) groups is 2. The number of aromatic nitrogens is 1. The fraction of sp³-hybridized carbons (Fsp3) is 0.350. The molecule has 4 rings (SSSR count). The normalized spacial score (nSPS) is 16.9. The summed E-state index contributed by atoms with van der Waals surface area (Å²) >= 11 is 2.87. The van der Waals surface area contributed by atoms with Crippen molar-refractivity contribution in [3.63, 3.8) is 0 Å². The van der Waals surface area contributed by atoms with Crippen LogP contribution in [-0.4, -0.2) is 47.9 Å². The Labute approximate surface area is 176 Å². The summed E-state index contributed by atoms with van der Waals surface area (Å²) in [6.07, 6.45) is 0. The second-order valence-electron chi connectivity index (χ2n) is 6.66. The van der Waals surface area contributed by atoms with E-state index in [9.17, 15) is 14.0 Å². The maximum atomic E-state index is 14.4. The van der Waals surface area contributed by atoms with Crippen LogP contribution in [-0.2, 0) is 4.79 Å². The van der Waals surface area contributed by atoms with Gasteiger partial charge in [0.05, 0.1) is 9.58 Å². The number of amides is 2. The van der Waals surface area contributed by atoms with Crippen LogP contribution in [0.4, 0.5) is 9.52 Å². The Morgan fingerprint density at radius 3 is 2.76 bits per heavy atom. The lowest BCUT2D eigenvalue weighted by atomic mass is 10.0. The highest BCUT2D eigenvalue weighted by Crippen LogP contribution is 2.36. The number of carbonyl (C=O) groups excluding carboxylic acids is 2. The third kappa shape index (κ3) is 3.60. The van der Waals surface area contributed by atoms with Crippen molar-refractivity contribution in [2.75, 3.05) is 31.1 Å². The number of benzene rings is 1. The second-order valence-corrected chi connectivity index (χ2v) is 8.70. The number of anilines is 1. The van der Waals surface area contributed by atoms with E-state index in [1.165, 1.54) is 22.3 Å². The zero-order chi connectivity index (χ0) is 20.5. The molecule has 0 spiro atoms. The van der Waals surface area contributed by atoms with Crippen LogP contribution in [0.25, 0.3) is 9.53 Å². The van der Waals surface area contributed by atoms with E-state index in [-0.39, 0.29) is 17.4 Å². The van der Waals surface area contributed by atoms with E-state index in [4.69, 9.17) is 0 Å². The standard InChI is InChI=1S/C20H21FN4O2S2/c1-3-24(4-2)20-23-18-14(29-20)11-15(28-18)19(27)25-10-9-22-17(26)16(25)12-7-5-6-8-13(12)21/h5-8,11,16H,3-4,9-10H2,1-2H3,(H,22,26). The number of thiazole rings is 1. The van der Waals surface area contributed by atoms with Crippen LogP contribution in [0.3, 0.4) is 0 Å². The van der Waals surface area contributed by atoms with Gasteiger partial charge < -0.3 is 15.1 Å². The van der Waals surface area contributed by atoms with E-state index < -0.39 is 11.9 Å². The predicted octanol–water partition coefficient (Wildman–Crippen LogP) is 3.66. The Kier molecular flexibility index (Phi) is 5.51. The molecule has 0 saturated carbocycles. The highest BCUT2D eigenvalue weighted by Gasteiger charge is 2.37. The first kappa shape index (κ1) is 19.8. The van der Waals surface area contributed by atoms with Crippen molar-refractivity contribution in [3.05, 3.63) is 46.6 Å². The predicted molar refractivity (Wildman–Crippen MR) is 114 cm³/mol. The van der Waals surface area contributed by atoms with Crippen molar-refractivity contribution in [1.82, 2.24) is 15.2 Å². The van der Waals surface area contributed by atoms with Crippen LogP contribution >= 0.6 is 22.7 Å². The van der Waals surface area contributed by atoms with Gasteiger partial charge in [-0.05, 0) is 26.0 Å². The molecule has 2 amide bonds. The number of thiophene rings is 1. The largest absolute Gasteiger partial charge is 0.352 e. The molecule has 1 saturated heterocycles. The van der Waals surface area contributed by atoms with Crippen LogP contribution < -0.4 is 10.2 Å². The summed E-state index contributed by atoms with van der Waals surface area (Å²) in [4.78, 5) is 35.4. The van der Waals surface area contributed by atoms with Gasteiger partial charge in [-0.1, -0.05) is 29.5 Å². The summed E-state index contributed by atoms with van der Waals surface area (Å²) in [5, 5.41) is 3.68. The molecule has 29 heavy (non-hydrogen) atoms. The van der Waals surface area contributed by atoms with E-state index in [1.54, 1.807) is 29.5 Å². The molecule has 6 nitrogen and oxygen atoms in total. The van der Waals surface area contributed by atoms with Crippen LogP contribution in [0, 0.1) is 5.82 Å². The number of rotatable bonds is 5. The molecule has 0 bridgehead atoms. The minimum absolute atomic E-state index is 0.207. The first-order chi connectivity index (χ1) is 14.0. The molecule has 1 unspecified atom stereocenters. The molecule has 3 aromatic rings. The monoisotopic (exact) mass is 432 g/mol. The Morgan fingerprint density at radius 2 is 2.07 bits per heavy atom. The molecule has 1 aliphatic rings. The molecular weight excluding hydrogens is 411 g/mol. The Bertz CT molecular complexity index is 1030. The molecule has 1 fully saturated rings. The summed E-state index contributed by atoms with van der Waals surface area (Å²) < 4.78 is 15.3. The molecule has 1 aromatic carbocycles. The molecule has 1 N–H and O–H groups in total. The second kappa shape index (κ2) is 8.08. The van der Waals surface area contributed by atoms with Crippen LogP contribution in [0.15, 0.2) is 30.3 Å². The lowest BCUT2D eigenvalue weighted by Crippen LogP contribution is -2.52. The van der Waals surface area contributed by atoms with Gasteiger partial charge in [0, 0.05) is 31.7 Å². The Balaban J connectivity index is 1.66. The van der Waals surface area contributed by atoms with Gasteiger partial charge in [-0.3, -0.25) is 9.59 Å².